The number of ether oxygens (including phenoxy) is 1. The van der Waals surface area contributed by atoms with E-state index in [1.54, 1.807) is 0 Å². The van der Waals surface area contributed by atoms with Crippen molar-refractivity contribution in [3.63, 3.8) is 0 Å². The number of anilines is 2. The number of nitrogens with one attached hydrogen (secondary N) is 2. The molecule has 10 heteroatoms. The quantitative estimate of drug-likeness (QED) is 0.519. The normalized spacial score (nSPS) is 13.1. The Balaban J connectivity index is 1.96. The van der Waals surface area contributed by atoms with Crippen LogP contribution in [0.15, 0.2) is 36.5 Å². The fourth-order valence-corrected chi connectivity index (χ4v) is 3.41. The van der Waals surface area contributed by atoms with Gasteiger partial charge in [0.2, 0.25) is 0 Å². The van der Waals surface area contributed by atoms with Crippen LogP contribution >= 0.6 is 11.6 Å². The van der Waals surface area contributed by atoms with Crippen LogP contribution in [0.1, 0.15) is 23.0 Å². The van der Waals surface area contributed by atoms with E-state index in [4.69, 9.17) is 16.3 Å². The molecule has 1 aromatic heterocycles. The van der Waals surface area contributed by atoms with E-state index in [2.05, 4.69) is 15.6 Å². The molecule has 0 radical (unpaired) electrons. The van der Waals surface area contributed by atoms with Crippen molar-refractivity contribution < 1.29 is 27.5 Å². The van der Waals surface area contributed by atoms with Gasteiger partial charge in [0.05, 0.1) is 22.0 Å². The van der Waals surface area contributed by atoms with Crippen LogP contribution in [0.3, 0.4) is 0 Å². The second kappa shape index (κ2) is 6.63. The van der Waals surface area contributed by atoms with Gasteiger partial charge in [-0.2, -0.15) is 13.2 Å². The summed E-state index contributed by atoms with van der Waals surface area (Å²) in [5, 5.41) is 4.58. The van der Waals surface area contributed by atoms with Gasteiger partial charge in [-0.15, -0.1) is 0 Å². The highest BCUT2D eigenvalue weighted by atomic mass is 35.5. The van der Waals surface area contributed by atoms with E-state index in [1.807, 2.05) is 0 Å². The third-order valence-corrected chi connectivity index (χ3v) is 4.70. The van der Waals surface area contributed by atoms with E-state index in [1.165, 1.54) is 37.4 Å². The van der Waals surface area contributed by atoms with Crippen molar-refractivity contribution in [3.05, 3.63) is 52.8 Å². The highest BCUT2D eigenvalue weighted by Gasteiger charge is 2.37. The summed E-state index contributed by atoms with van der Waals surface area (Å²) in [7, 11) is 0. The SMILES string of the molecule is CC(=O)c1cc(Oc2ccc3c4c(cc(C(F)(F)F)c(Cl)c24)NC(=O)N3)ccn1. The van der Waals surface area contributed by atoms with Crippen LogP contribution in [0.2, 0.25) is 5.02 Å². The molecule has 4 rings (SSSR count). The molecule has 2 aromatic carbocycles. The van der Waals surface area contributed by atoms with Crippen molar-refractivity contribution in [1.29, 1.82) is 0 Å². The minimum atomic E-state index is -4.75. The smallest absolute Gasteiger partial charge is 0.417 e. The largest absolute Gasteiger partial charge is 0.457 e. The molecule has 2 amide bonds. The highest BCUT2D eigenvalue weighted by Crippen LogP contribution is 2.49. The Morgan fingerprint density at radius 3 is 2.52 bits per heavy atom. The van der Waals surface area contributed by atoms with Gasteiger partial charge in [0.25, 0.3) is 0 Å². The summed E-state index contributed by atoms with van der Waals surface area (Å²) in [5.41, 5.74) is -0.716. The summed E-state index contributed by atoms with van der Waals surface area (Å²) in [5.74, 6) is -0.0697. The van der Waals surface area contributed by atoms with E-state index in [0.29, 0.717) is 5.69 Å². The number of aromatic nitrogens is 1. The molecule has 1 aliphatic rings. The molecule has 0 saturated carbocycles. The van der Waals surface area contributed by atoms with Gasteiger partial charge in [0.1, 0.15) is 17.2 Å². The monoisotopic (exact) mass is 421 g/mol. The number of carbonyl (C=O) groups excluding carboxylic acids is 2. The summed E-state index contributed by atoms with van der Waals surface area (Å²) < 4.78 is 46.3. The van der Waals surface area contributed by atoms with E-state index < -0.39 is 22.8 Å². The standard InChI is InChI=1S/C19H11ClF3N3O3/c1-8(27)12-6-9(4-5-24-12)29-14-3-2-11-15-13(26-18(28)25-11)7-10(19(21,22)23)17(20)16(14)15/h2-7H,1H3,(H2,25,26,28). The zero-order valence-corrected chi connectivity index (χ0v) is 15.4. The van der Waals surface area contributed by atoms with Crippen LogP contribution in [-0.4, -0.2) is 16.8 Å². The van der Waals surface area contributed by atoms with Gasteiger partial charge in [-0.3, -0.25) is 9.78 Å². The number of hydrogen-bond donors (Lipinski definition) is 2. The zero-order valence-electron chi connectivity index (χ0n) is 14.6. The lowest BCUT2D eigenvalue weighted by Crippen LogP contribution is -2.24. The Hall–Kier alpha value is -3.33. The molecule has 0 saturated heterocycles. The second-order valence-corrected chi connectivity index (χ2v) is 6.64. The van der Waals surface area contributed by atoms with Gasteiger partial charge >= 0.3 is 12.2 Å². The van der Waals surface area contributed by atoms with Gasteiger partial charge in [-0.05, 0) is 24.3 Å². The van der Waals surface area contributed by atoms with E-state index in [0.717, 1.165) is 6.07 Å². The predicted molar refractivity (Wildman–Crippen MR) is 101 cm³/mol. The lowest BCUT2D eigenvalue weighted by atomic mass is 10.00. The number of alkyl halides is 3. The number of ketones is 1. The molecule has 29 heavy (non-hydrogen) atoms. The molecule has 148 valence electrons. The molecule has 0 spiro atoms. The van der Waals surface area contributed by atoms with Crippen molar-refractivity contribution in [2.45, 2.75) is 13.1 Å². The minimum absolute atomic E-state index is 0.0253. The van der Waals surface area contributed by atoms with Crippen LogP contribution in [-0.2, 0) is 6.18 Å². The Kier molecular flexibility index (Phi) is 4.34. The maximum atomic E-state index is 13.5. The van der Waals surface area contributed by atoms with E-state index in [9.17, 15) is 22.8 Å². The summed E-state index contributed by atoms with van der Waals surface area (Å²) in [6.07, 6.45) is -3.40. The van der Waals surface area contributed by atoms with Crippen LogP contribution in [0.4, 0.5) is 29.3 Å². The number of amides is 2. The first-order valence-electron chi connectivity index (χ1n) is 8.24. The summed E-state index contributed by atoms with van der Waals surface area (Å²) >= 11 is 6.13. The van der Waals surface area contributed by atoms with Crippen LogP contribution in [0.25, 0.3) is 10.8 Å². The van der Waals surface area contributed by atoms with Gasteiger partial charge in [0, 0.05) is 30.0 Å². The second-order valence-electron chi connectivity index (χ2n) is 6.26. The summed E-state index contributed by atoms with van der Waals surface area (Å²) in [4.78, 5) is 27.2. The summed E-state index contributed by atoms with van der Waals surface area (Å²) in [6.45, 7) is 1.33. The van der Waals surface area contributed by atoms with Gasteiger partial charge < -0.3 is 15.4 Å². The van der Waals surface area contributed by atoms with Gasteiger partial charge in [-0.25, -0.2) is 4.79 Å². The maximum absolute atomic E-state index is 13.5. The van der Waals surface area contributed by atoms with Crippen molar-refractivity contribution >= 4 is 45.6 Å². The molecule has 2 heterocycles. The molecular formula is C19H11ClF3N3O3. The average molecular weight is 422 g/mol. The fraction of sp³-hybridized carbons (Fsp3) is 0.105. The minimum Gasteiger partial charge on any atom is -0.457 e. The topological polar surface area (TPSA) is 80.3 Å². The Bertz CT molecular complexity index is 1190. The fourth-order valence-electron chi connectivity index (χ4n) is 3.06. The van der Waals surface area contributed by atoms with E-state index in [-0.39, 0.29) is 39.4 Å². The van der Waals surface area contributed by atoms with Crippen molar-refractivity contribution in [3.8, 4) is 11.5 Å². The number of urea groups is 1. The molecule has 0 fully saturated rings. The lowest BCUT2D eigenvalue weighted by Gasteiger charge is -2.23. The number of carbonyl (C=O) groups is 2. The molecule has 0 atom stereocenters. The first-order chi connectivity index (χ1) is 13.6. The van der Waals surface area contributed by atoms with Crippen molar-refractivity contribution in [2.24, 2.45) is 0 Å². The highest BCUT2D eigenvalue weighted by molar-refractivity contribution is 6.39. The van der Waals surface area contributed by atoms with Crippen LogP contribution in [0, 0.1) is 0 Å². The lowest BCUT2D eigenvalue weighted by molar-refractivity contribution is -0.137. The molecule has 3 aromatic rings. The Morgan fingerprint density at radius 1 is 1.10 bits per heavy atom. The maximum Gasteiger partial charge on any atom is 0.417 e. The van der Waals surface area contributed by atoms with Crippen LogP contribution in [0.5, 0.6) is 11.5 Å². The van der Waals surface area contributed by atoms with E-state index >= 15 is 0 Å². The predicted octanol–water partition coefficient (Wildman–Crippen LogP) is 5.86. The number of Topliss-reactive ketones (excluding diaryl/α,β-unsaturated/α-hetero) is 1. The molecule has 0 aliphatic carbocycles. The number of halogens is 4. The average Bonchev–Trinajstić information content (AvgIpc) is 2.64. The molecular weight excluding hydrogens is 411 g/mol. The number of nitrogens with zero attached hydrogens (tertiary/aromatic N) is 1. The third-order valence-electron chi connectivity index (χ3n) is 4.30. The number of hydrogen-bond acceptors (Lipinski definition) is 4. The van der Waals surface area contributed by atoms with Crippen molar-refractivity contribution in [2.75, 3.05) is 10.6 Å². The number of rotatable bonds is 3. The Morgan fingerprint density at radius 2 is 1.83 bits per heavy atom. The Labute approximate surface area is 166 Å². The third kappa shape index (κ3) is 3.33. The van der Waals surface area contributed by atoms with Crippen LogP contribution < -0.4 is 15.4 Å². The van der Waals surface area contributed by atoms with Gasteiger partial charge in [0.15, 0.2) is 5.78 Å². The number of pyridine rings is 1. The molecule has 0 unspecified atom stereocenters. The van der Waals surface area contributed by atoms with Gasteiger partial charge in [-0.1, -0.05) is 11.6 Å². The first kappa shape index (κ1) is 19.0. The summed E-state index contributed by atoms with van der Waals surface area (Å²) in [6, 6.07) is 5.85. The molecule has 1 aliphatic heterocycles. The van der Waals surface area contributed by atoms with Crippen molar-refractivity contribution in [1.82, 2.24) is 4.98 Å². The zero-order chi connectivity index (χ0) is 20.9. The molecule has 2 N–H and O–H groups in total. The first-order valence-corrected chi connectivity index (χ1v) is 8.62. The molecule has 6 nitrogen and oxygen atoms in total. The molecule has 0 bridgehead atoms. The number of benzene rings is 2.